The zero-order chi connectivity index (χ0) is 13.7. The minimum absolute atomic E-state index is 0.0378. The Balaban J connectivity index is 1.88. The summed E-state index contributed by atoms with van der Waals surface area (Å²) in [7, 11) is 0. The summed E-state index contributed by atoms with van der Waals surface area (Å²) in [5.74, 6) is -0.0378. The molecule has 2 rings (SSSR count). The highest BCUT2D eigenvalue weighted by atomic mass is 16.2. The third kappa shape index (κ3) is 4.05. The van der Waals surface area contributed by atoms with E-state index in [0.717, 1.165) is 19.6 Å². The van der Waals surface area contributed by atoms with E-state index in [1.165, 1.54) is 0 Å². The van der Waals surface area contributed by atoms with E-state index >= 15 is 0 Å². The van der Waals surface area contributed by atoms with Crippen LogP contribution in [0.25, 0.3) is 0 Å². The van der Waals surface area contributed by atoms with E-state index in [-0.39, 0.29) is 5.91 Å². The smallest absolute Gasteiger partial charge is 0.238 e. The molecule has 1 aliphatic heterocycles. The third-order valence-electron chi connectivity index (χ3n) is 3.10. The van der Waals surface area contributed by atoms with Crippen LogP contribution in [0.3, 0.4) is 0 Å². The lowest BCUT2D eigenvalue weighted by atomic mass is 10.2. The van der Waals surface area contributed by atoms with Crippen molar-refractivity contribution in [2.75, 3.05) is 31.5 Å². The van der Waals surface area contributed by atoms with Gasteiger partial charge in [-0.3, -0.25) is 9.69 Å². The molecule has 1 atom stereocenters. The second-order valence-corrected chi connectivity index (χ2v) is 4.83. The number of nitrogens with one attached hydrogen (secondary N) is 2. The normalized spacial score (nSPS) is 19.7. The van der Waals surface area contributed by atoms with Crippen LogP contribution in [0.15, 0.2) is 24.3 Å². The van der Waals surface area contributed by atoms with Gasteiger partial charge in [-0.05, 0) is 25.1 Å². The Hall–Kier alpha value is -1.90. The van der Waals surface area contributed by atoms with Gasteiger partial charge in [-0.1, -0.05) is 6.07 Å². The molecule has 5 heteroatoms. The Morgan fingerprint density at radius 2 is 2.47 bits per heavy atom. The summed E-state index contributed by atoms with van der Waals surface area (Å²) < 4.78 is 0. The molecule has 0 unspecified atom stereocenters. The van der Waals surface area contributed by atoms with Crippen LogP contribution in [0.5, 0.6) is 0 Å². The molecule has 1 saturated heterocycles. The van der Waals surface area contributed by atoms with E-state index in [0.29, 0.717) is 23.8 Å². The Morgan fingerprint density at radius 3 is 3.21 bits per heavy atom. The highest BCUT2D eigenvalue weighted by molar-refractivity contribution is 5.92. The number of anilines is 1. The molecule has 1 heterocycles. The standard InChI is InChI=1S/C14H18N4O/c1-11-9-18(6-5-16-11)10-14(19)17-13-4-2-3-12(7-13)8-15/h2-4,7,11,16H,5-6,9-10H2,1H3,(H,17,19)/t11-/m0/s1. The van der Waals surface area contributed by atoms with Crippen LogP contribution in [0.2, 0.25) is 0 Å². The molecule has 5 nitrogen and oxygen atoms in total. The van der Waals surface area contributed by atoms with Crippen molar-refractivity contribution in [1.82, 2.24) is 10.2 Å². The fourth-order valence-corrected chi connectivity index (χ4v) is 2.23. The number of amides is 1. The molecule has 1 aliphatic rings. The van der Waals surface area contributed by atoms with Gasteiger partial charge >= 0.3 is 0 Å². The van der Waals surface area contributed by atoms with Gasteiger partial charge in [-0.15, -0.1) is 0 Å². The summed E-state index contributed by atoms with van der Waals surface area (Å²) >= 11 is 0. The molecular formula is C14H18N4O. The van der Waals surface area contributed by atoms with E-state index in [1.807, 2.05) is 0 Å². The van der Waals surface area contributed by atoms with Gasteiger partial charge in [0.1, 0.15) is 0 Å². The molecule has 100 valence electrons. The van der Waals surface area contributed by atoms with E-state index in [4.69, 9.17) is 5.26 Å². The number of nitrogens with zero attached hydrogens (tertiary/aromatic N) is 2. The van der Waals surface area contributed by atoms with Crippen LogP contribution in [0, 0.1) is 11.3 Å². The third-order valence-corrected chi connectivity index (χ3v) is 3.10. The molecule has 19 heavy (non-hydrogen) atoms. The highest BCUT2D eigenvalue weighted by Gasteiger charge is 2.17. The predicted molar refractivity (Wildman–Crippen MR) is 73.7 cm³/mol. The molecule has 0 aliphatic carbocycles. The van der Waals surface area contributed by atoms with E-state index in [9.17, 15) is 4.79 Å². The summed E-state index contributed by atoms with van der Waals surface area (Å²) in [6.07, 6.45) is 0. The molecule has 1 aromatic rings. The summed E-state index contributed by atoms with van der Waals surface area (Å²) in [5.41, 5.74) is 1.22. The lowest BCUT2D eigenvalue weighted by molar-refractivity contribution is -0.117. The summed E-state index contributed by atoms with van der Waals surface area (Å²) in [6, 6.07) is 9.43. The quantitative estimate of drug-likeness (QED) is 0.841. The minimum atomic E-state index is -0.0378. The first-order chi connectivity index (χ1) is 9.17. The van der Waals surface area contributed by atoms with Gasteiger partial charge < -0.3 is 10.6 Å². The van der Waals surface area contributed by atoms with Gasteiger partial charge in [-0.2, -0.15) is 5.26 Å². The minimum Gasteiger partial charge on any atom is -0.325 e. The lowest BCUT2D eigenvalue weighted by Gasteiger charge is -2.31. The Morgan fingerprint density at radius 1 is 1.63 bits per heavy atom. The van der Waals surface area contributed by atoms with Gasteiger partial charge in [0, 0.05) is 31.4 Å². The number of carbonyl (C=O) groups excluding carboxylic acids is 1. The largest absolute Gasteiger partial charge is 0.325 e. The first kappa shape index (κ1) is 13.5. The number of carbonyl (C=O) groups is 1. The molecular weight excluding hydrogens is 240 g/mol. The average molecular weight is 258 g/mol. The highest BCUT2D eigenvalue weighted by Crippen LogP contribution is 2.10. The number of nitriles is 1. The molecule has 2 N–H and O–H groups in total. The molecule has 1 fully saturated rings. The number of piperazine rings is 1. The summed E-state index contributed by atoms with van der Waals surface area (Å²) in [5, 5.41) is 15.0. The van der Waals surface area contributed by atoms with Crippen molar-refractivity contribution < 1.29 is 4.79 Å². The van der Waals surface area contributed by atoms with Crippen LogP contribution in [-0.4, -0.2) is 43.0 Å². The van der Waals surface area contributed by atoms with Gasteiger partial charge in [-0.25, -0.2) is 0 Å². The zero-order valence-corrected chi connectivity index (χ0v) is 11.0. The van der Waals surface area contributed by atoms with Gasteiger partial charge in [0.2, 0.25) is 5.91 Å². The number of hydrogen-bond donors (Lipinski definition) is 2. The van der Waals surface area contributed by atoms with Crippen LogP contribution in [0.4, 0.5) is 5.69 Å². The lowest BCUT2D eigenvalue weighted by Crippen LogP contribution is -2.51. The number of rotatable bonds is 3. The van der Waals surface area contributed by atoms with E-state index in [1.54, 1.807) is 24.3 Å². The van der Waals surface area contributed by atoms with E-state index < -0.39 is 0 Å². The molecule has 1 aromatic carbocycles. The zero-order valence-electron chi connectivity index (χ0n) is 11.0. The van der Waals surface area contributed by atoms with E-state index in [2.05, 4.69) is 28.5 Å². The van der Waals surface area contributed by atoms with Crippen molar-refractivity contribution in [3.8, 4) is 6.07 Å². The van der Waals surface area contributed by atoms with Crippen molar-refractivity contribution in [2.45, 2.75) is 13.0 Å². The van der Waals surface area contributed by atoms with Crippen molar-refractivity contribution in [2.24, 2.45) is 0 Å². The van der Waals surface area contributed by atoms with Gasteiger partial charge in [0.05, 0.1) is 18.2 Å². The SMILES string of the molecule is C[C@H]1CN(CC(=O)Nc2cccc(C#N)c2)CCN1. The maximum absolute atomic E-state index is 11.9. The maximum atomic E-state index is 11.9. The first-order valence-electron chi connectivity index (χ1n) is 6.43. The first-order valence-corrected chi connectivity index (χ1v) is 6.43. The van der Waals surface area contributed by atoms with Crippen molar-refractivity contribution in [1.29, 1.82) is 5.26 Å². The molecule has 1 amide bonds. The van der Waals surface area contributed by atoms with Crippen molar-refractivity contribution in [3.05, 3.63) is 29.8 Å². The topological polar surface area (TPSA) is 68.2 Å². The number of benzene rings is 1. The average Bonchev–Trinajstić information content (AvgIpc) is 2.38. The molecule has 0 spiro atoms. The molecule has 0 radical (unpaired) electrons. The van der Waals surface area contributed by atoms with Gasteiger partial charge in [0.25, 0.3) is 0 Å². The monoisotopic (exact) mass is 258 g/mol. The maximum Gasteiger partial charge on any atom is 0.238 e. The second kappa shape index (κ2) is 6.32. The predicted octanol–water partition coefficient (Wildman–Crippen LogP) is 0.790. The summed E-state index contributed by atoms with van der Waals surface area (Å²) in [4.78, 5) is 14.1. The van der Waals surface area contributed by atoms with Crippen LogP contribution >= 0.6 is 0 Å². The summed E-state index contributed by atoms with van der Waals surface area (Å²) in [6.45, 7) is 5.18. The molecule has 0 aromatic heterocycles. The van der Waals surface area contributed by atoms with Gasteiger partial charge in [0.15, 0.2) is 0 Å². The fourth-order valence-electron chi connectivity index (χ4n) is 2.23. The Kier molecular flexibility index (Phi) is 4.50. The number of hydrogen-bond acceptors (Lipinski definition) is 4. The molecule has 0 bridgehead atoms. The second-order valence-electron chi connectivity index (χ2n) is 4.83. The Bertz CT molecular complexity index is 494. The van der Waals surface area contributed by atoms with Crippen LogP contribution in [0.1, 0.15) is 12.5 Å². The van der Waals surface area contributed by atoms with Crippen molar-refractivity contribution in [3.63, 3.8) is 0 Å². The fraction of sp³-hybridized carbons (Fsp3) is 0.429. The Labute approximate surface area is 113 Å². The molecule has 0 saturated carbocycles. The van der Waals surface area contributed by atoms with Crippen LogP contribution in [-0.2, 0) is 4.79 Å². The van der Waals surface area contributed by atoms with Crippen LogP contribution < -0.4 is 10.6 Å². The van der Waals surface area contributed by atoms with Crippen molar-refractivity contribution >= 4 is 11.6 Å².